The van der Waals surface area contributed by atoms with E-state index < -0.39 is 5.60 Å². The van der Waals surface area contributed by atoms with Crippen LogP contribution in [0.5, 0.6) is 0 Å². The summed E-state index contributed by atoms with van der Waals surface area (Å²) in [6, 6.07) is 0. The van der Waals surface area contributed by atoms with Crippen molar-refractivity contribution < 1.29 is 19.1 Å². The van der Waals surface area contributed by atoms with Crippen LogP contribution in [-0.4, -0.2) is 42.8 Å². The number of hydrogen-bond acceptors (Lipinski definition) is 5. The lowest BCUT2D eigenvalue weighted by molar-refractivity contribution is -0.161. The van der Waals surface area contributed by atoms with Crippen LogP contribution in [0.15, 0.2) is 0 Å². The lowest BCUT2D eigenvalue weighted by Crippen LogP contribution is -2.41. The molecule has 25 heavy (non-hydrogen) atoms. The van der Waals surface area contributed by atoms with Gasteiger partial charge in [0.25, 0.3) is 0 Å². The fourth-order valence-corrected chi connectivity index (χ4v) is 1.81. The third kappa shape index (κ3) is 10.4. The number of rotatable bonds is 11. The van der Waals surface area contributed by atoms with Gasteiger partial charge in [-0.3, -0.25) is 9.59 Å². The first kappa shape index (κ1) is 23.9. The molecule has 0 aliphatic rings. The highest BCUT2D eigenvalue weighted by atomic mass is 16.6. The summed E-state index contributed by atoms with van der Waals surface area (Å²) in [6.45, 7) is 15.8. The zero-order valence-electron chi connectivity index (χ0n) is 17.2. The second-order valence-corrected chi connectivity index (χ2v) is 8.58. The van der Waals surface area contributed by atoms with Crippen LogP contribution in [0.1, 0.15) is 74.1 Å². The fraction of sp³-hybridized carbons (Fsp3) is 0.895. The van der Waals surface area contributed by atoms with Gasteiger partial charge in [0.05, 0.1) is 18.6 Å². The summed E-state index contributed by atoms with van der Waals surface area (Å²) < 4.78 is 11.5. The molecule has 3 N–H and O–H groups in total. The van der Waals surface area contributed by atoms with Crippen LogP contribution >= 0.6 is 0 Å². The number of carbonyl (C=O) groups excluding carboxylic acids is 2. The number of nitrogens with two attached hydrogens (primary N) is 1. The highest BCUT2D eigenvalue weighted by Gasteiger charge is 2.34. The van der Waals surface area contributed by atoms with Gasteiger partial charge in [-0.15, -0.1) is 0 Å². The Labute approximate surface area is 153 Å². The Bertz CT molecular complexity index is 426. The second kappa shape index (κ2) is 10.1. The normalized spacial score (nSPS) is 12.8. The van der Waals surface area contributed by atoms with Gasteiger partial charge in [0.2, 0.25) is 5.91 Å². The van der Waals surface area contributed by atoms with Gasteiger partial charge in [-0.2, -0.15) is 0 Å². The summed E-state index contributed by atoms with van der Waals surface area (Å²) >= 11 is 0. The van der Waals surface area contributed by atoms with Crippen LogP contribution < -0.4 is 11.1 Å². The molecule has 148 valence electrons. The van der Waals surface area contributed by atoms with E-state index in [4.69, 9.17) is 15.2 Å². The van der Waals surface area contributed by atoms with Gasteiger partial charge in [-0.25, -0.2) is 0 Å². The maximum absolute atomic E-state index is 11.9. The average molecular weight is 359 g/mol. The van der Waals surface area contributed by atoms with E-state index in [0.717, 1.165) is 6.42 Å². The van der Waals surface area contributed by atoms with E-state index >= 15 is 0 Å². The maximum atomic E-state index is 11.9. The number of ether oxygens (including phenoxy) is 2. The summed E-state index contributed by atoms with van der Waals surface area (Å²) in [5.41, 5.74) is 4.49. The molecule has 0 aromatic rings. The Kier molecular flexibility index (Phi) is 9.66. The molecular formula is C19H38N2O4. The molecule has 0 fully saturated rings. The molecule has 0 aromatic heterocycles. The van der Waals surface area contributed by atoms with Crippen molar-refractivity contribution in [3.63, 3.8) is 0 Å². The largest absolute Gasteiger partial charge is 0.460 e. The fourth-order valence-electron chi connectivity index (χ4n) is 1.81. The van der Waals surface area contributed by atoms with E-state index in [1.165, 1.54) is 0 Å². The SMILES string of the molecule is CC(C)(CCOC(C)(C)C(C)(C)C)OC(=O)CCC(=O)NCCCN. The van der Waals surface area contributed by atoms with Crippen LogP contribution in [0, 0.1) is 5.41 Å². The molecule has 0 saturated carbocycles. The monoisotopic (exact) mass is 358 g/mol. The molecule has 0 saturated heterocycles. The van der Waals surface area contributed by atoms with Gasteiger partial charge in [-0.05, 0) is 46.1 Å². The van der Waals surface area contributed by atoms with Gasteiger partial charge in [-0.1, -0.05) is 20.8 Å². The summed E-state index contributed by atoms with van der Waals surface area (Å²) in [5, 5.41) is 2.72. The van der Waals surface area contributed by atoms with Crippen molar-refractivity contribution in [1.82, 2.24) is 5.32 Å². The van der Waals surface area contributed by atoms with Gasteiger partial charge >= 0.3 is 5.97 Å². The van der Waals surface area contributed by atoms with E-state index in [-0.39, 0.29) is 35.7 Å². The van der Waals surface area contributed by atoms with Gasteiger partial charge in [0.1, 0.15) is 5.60 Å². The van der Waals surface area contributed by atoms with Crippen LogP contribution in [0.25, 0.3) is 0 Å². The first-order chi connectivity index (χ1) is 11.3. The quantitative estimate of drug-likeness (QED) is 0.438. The van der Waals surface area contributed by atoms with E-state index in [9.17, 15) is 9.59 Å². The summed E-state index contributed by atoms with van der Waals surface area (Å²) in [7, 11) is 0. The molecular weight excluding hydrogens is 320 g/mol. The summed E-state index contributed by atoms with van der Waals surface area (Å²) in [5.74, 6) is -0.521. The van der Waals surface area contributed by atoms with Crippen molar-refractivity contribution in [3.05, 3.63) is 0 Å². The minimum atomic E-state index is -0.624. The molecule has 0 aromatic carbocycles. The molecule has 0 spiro atoms. The second-order valence-electron chi connectivity index (χ2n) is 8.58. The molecule has 6 heteroatoms. The smallest absolute Gasteiger partial charge is 0.306 e. The minimum Gasteiger partial charge on any atom is -0.460 e. The Balaban J connectivity index is 4.17. The zero-order chi connectivity index (χ0) is 19.7. The first-order valence-electron chi connectivity index (χ1n) is 9.13. The van der Waals surface area contributed by atoms with Gasteiger partial charge in [0, 0.05) is 19.4 Å². The van der Waals surface area contributed by atoms with E-state index in [2.05, 4.69) is 39.9 Å². The topological polar surface area (TPSA) is 90.6 Å². The molecule has 6 nitrogen and oxygen atoms in total. The Morgan fingerprint density at radius 1 is 1.00 bits per heavy atom. The predicted octanol–water partition coefficient (Wildman–Crippen LogP) is 2.78. The summed E-state index contributed by atoms with van der Waals surface area (Å²) in [4.78, 5) is 23.5. The third-order valence-electron chi connectivity index (χ3n) is 4.62. The van der Waals surface area contributed by atoms with Crippen molar-refractivity contribution in [1.29, 1.82) is 0 Å². The molecule has 1 amide bonds. The number of nitrogens with one attached hydrogen (secondary N) is 1. The third-order valence-corrected chi connectivity index (χ3v) is 4.62. The Morgan fingerprint density at radius 2 is 1.60 bits per heavy atom. The molecule has 0 aliphatic carbocycles. The van der Waals surface area contributed by atoms with Crippen molar-refractivity contribution in [2.45, 2.75) is 85.4 Å². The standard InChI is InChI=1S/C19H38N2O4/c1-17(2,3)19(6,7)24-14-11-18(4,5)25-16(23)10-9-15(22)21-13-8-12-20/h8-14,20H2,1-7H3,(H,21,22). The van der Waals surface area contributed by atoms with E-state index in [0.29, 0.717) is 26.1 Å². The van der Waals surface area contributed by atoms with Crippen LogP contribution in [0.3, 0.4) is 0 Å². The maximum Gasteiger partial charge on any atom is 0.306 e. The lowest BCUT2D eigenvalue weighted by Gasteiger charge is -2.39. The molecule has 0 atom stereocenters. The number of hydrogen-bond donors (Lipinski definition) is 2. The minimum absolute atomic E-state index is 0.0189. The highest BCUT2D eigenvalue weighted by Crippen LogP contribution is 2.33. The van der Waals surface area contributed by atoms with Crippen molar-refractivity contribution >= 4 is 11.9 Å². The van der Waals surface area contributed by atoms with Crippen molar-refractivity contribution in [2.24, 2.45) is 11.1 Å². The molecule has 0 bridgehead atoms. The lowest BCUT2D eigenvalue weighted by atomic mass is 9.79. The molecule has 0 heterocycles. The average Bonchev–Trinajstić information content (AvgIpc) is 2.43. The van der Waals surface area contributed by atoms with Crippen molar-refractivity contribution in [3.8, 4) is 0 Å². The van der Waals surface area contributed by atoms with E-state index in [1.807, 2.05) is 13.8 Å². The zero-order valence-corrected chi connectivity index (χ0v) is 17.2. The summed E-state index contributed by atoms with van der Waals surface area (Å²) in [6.07, 6.45) is 1.54. The predicted molar refractivity (Wildman–Crippen MR) is 100 cm³/mol. The Morgan fingerprint density at radius 3 is 2.12 bits per heavy atom. The van der Waals surface area contributed by atoms with Crippen molar-refractivity contribution in [2.75, 3.05) is 19.7 Å². The number of carbonyl (C=O) groups is 2. The first-order valence-corrected chi connectivity index (χ1v) is 9.13. The molecule has 0 rings (SSSR count). The molecule has 0 aliphatic heterocycles. The molecule has 0 unspecified atom stereocenters. The highest BCUT2D eigenvalue weighted by molar-refractivity contribution is 5.81. The van der Waals surface area contributed by atoms with E-state index in [1.54, 1.807) is 0 Å². The number of amides is 1. The molecule has 0 radical (unpaired) electrons. The van der Waals surface area contributed by atoms with Crippen LogP contribution in [0.4, 0.5) is 0 Å². The van der Waals surface area contributed by atoms with Gasteiger partial charge < -0.3 is 20.5 Å². The van der Waals surface area contributed by atoms with Crippen LogP contribution in [0.2, 0.25) is 0 Å². The number of esters is 1. The van der Waals surface area contributed by atoms with Crippen LogP contribution in [-0.2, 0) is 19.1 Å². The Hall–Kier alpha value is -1.14. The van der Waals surface area contributed by atoms with Gasteiger partial charge in [0.15, 0.2) is 0 Å².